The lowest BCUT2D eigenvalue weighted by Gasteiger charge is -1.95. The van der Waals surface area contributed by atoms with Gasteiger partial charge in [-0.15, -0.1) is 0 Å². The normalized spacial score (nSPS) is 20.1. The summed E-state index contributed by atoms with van der Waals surface area (Å²) >= 11 is 0. The van der Waals surface area contributed by atoms with Crippen molar-refractivity contribution in [3.8, 4) is 0 Å². The van der Waals surface area contributed by atoms with Crippen molar-refractivity contribution in [3.05, 3.63) is 24.0 Å². The summed E-state index contributed by atoms with van der Waals surface area (Å²) in [4.78, 5) is 11.3. The second kappa shape index (κ2) is 2.73. The van der Waals surface area contributed by atoms with Gasteiger partial charge in [0, 0.05) is 6.07 Å². The van der Waals surface area contributed by atoms with Crippen LogP contribution in [0, 0.1) is 12.8 Å². The van der Waals surface area contributed by atoms with Crippen molar-refractivity contribution >= 4 is 11.7 Å². The van der Waals surface area contributed by atoms with E-state index in [1.807, 2.05) is 0 Å². The smallest absolute Gasteiger partial charge is 0.233 e. The maximum atomic E-state index is 11.3. The van der Waals surface area contributed by atoms with E-state index in [0.29, 0.717) is 11.6 Å². The van der Waals surface area contributed by atoms with Crippen LogP contribution >= 0.6 is 0 Å². The quantitative estimate of drug-likeness (QED) is 0.698. The molecule has 1 saturated carbocycles. The van der Waals surface area contributed by atoms with Gasteiger partial charge in [-0.2, -0.15) is 0 Å². The molecule has 1 aliphatic carbocycles. The summed E-state index contributed by atoms with van der Waals surface area (Å²) in [5, 5.41) is 6.30. The Morgan fingerprint density at radius 1 is 1.85 bits per heavy atom. The van der Waals surface area contributed by atoms with Crippen molar-refractivity contribution in [2.24, 2.45) is 5.92 Å². The Hall–Kier alpha value is -1.58. The third kappa shape index (κ3) is 1.61. The fourth-order valence-corrected chi connectivity index (χ4v) is 1.12. The topological polar surface area (TPSA) is 55.1 Å². The van der Waals surface area contributed by atoms with Gasteiger partial charge in [0.05, 0.1) is 5.92 Å². The Morgan fingerprint density at radius 2 is 2.54 bits per heavy atom. The number of carbonyl (C=O) groups excluding carboxylic acids is 1. The van der Waals surface area contributed by atoms with E-state index in [0.717, 1.165) is 12.0 Å². The molecule has 68 valence electrons. The standard InChI is InChI=1S/C9H10N2O2/c1-5-3-7(5)9(12)10-8-4-6(2)13-11-8/h4,7H,1,3H2,2H3,(H,10,11,12). The second-order valence-corrected chi connectivity index (χ2v) is 3.23. The van der Waals surface area contributed by atoms with Crippen LogP contribution in [0.4, 0.5) is 5.82 Å². The molecule has 1 aliphatic rings. The first-order valence-corrected chi connectivity index (χ1v) is 4.08. The monoisotopic (exact) mass is 178 g/mol. The number of rotatable bonds is 2. The minimum absolute atomic E-state index is 0.0167. The molecule has 1 heterocycles. The number of aryl methyl sites for hydroxylation is 1. The summed E-state index contributed by atoms with van der Waals surface area (Å²) < 4.78 is 4.81. The van der Waals surface area contributed by atoms with Gasteiger partial charge in [0.25, 0.3) is 0 Å². The first-order chi connectivity index (χ1) is 6.16. The summed E-state index contributed by atoms with van der Waals surface area (Å²) in [7, 11) is 0. The molecule has 4 heteroatoms. The molecule has 1 N–H and O–H groups in total. The number of nitrogens with one attached hydrogen (secondary N) is 1. The predicted molar refractivity (Wildman–Crippen MR) is 47.1 cm³/mol. The maximum Gasteiger partial charge on any atom is 0.233 e. The van der Waals surface area contributed by atoms with Gasteiger partial charge in [0.1, 0.15) is 5.76 Å². The first kappa shape index (κ1) is 8.04. The molecule has 1 atom stereocenters. The summed E-state index contributed by atoms with van der Waals surface area (Å²) in [5.74, 6) is 1.10. The Labute approximate surface area is 75.6 Å². The third-order valence-electron chi connectivity index (χ3n) is 1.99. The summed E-state index contributed by atoms with van der Waals surface area (Å²) in [6.07, 6.45) is 0.794. The maximum absolute atomic E-state index is 11.3. The average molecular weight is 178 g/mol. The summed E-state index contributed by atoms with van der Waals surface area (Å²) in [5.41, 5.74) is 0.984. The highest BCUT2D eigenvalue weighted by Gasteiger charge is 2.34. The zero-order valence-corrected chi connectivity index (χ0v) is 7.33. The van der Waals surface area contributed by atoms with Crippen LogP contribution in [-0.4, -0.2) is 11.1 Å². The molecule has 1 fully saturated rings. The molecule has 1 amide bonds. The fourth-order valence-electron chi connectivity index (χ4n) is 1.12. The molecular weight excluding hydrogens is 168 g/mol. The van der Waals surface area contributed by atoms with Crippen molar-refractivity contribution in [1.82, 2.24) is 5.16 Å². The molecule has 4 nitrogen and oxygen atoms in total. The molecule has 1 aromatic rings. The van der Waals surface area contributed by atoms with Crippen molar-refractivity contribution in [1.29, 1.82) is 0 Å². The Balaban J connectivity index is 1.98. The number of hydrogen-bond donors (Lipinski definition) is 1. The van der Waals surface area contributed by atoms with E-state index in [1.165, 1.54) is 0 Å². The van der Waals surface area contributed by atoms with Gasteiger partial charge < -0.3 is 9.84 Å². The molecule has 1 unspecified atom stereocenters. The molecule has 0 radical (unpaired) electrons. The Bertz CT molecular complexity index is 367. The fraction of sp³-hybridized carbons (Fsp3) is 0.333. The lowest BCUT2D eigenvalue weighted by molar-refractivity contribution is -0.117. The molecule has 2 rings (SSSR count). The van der Waals surface area contributed by atoms with Crippen molar-refractivity contribution in [3.63, 3.8) is 0 Å². The van der Waals surface area contributed by atoms with E-state index in [4.69, 9.17) is 4.52 Å². The number of hydrogen-bond acceptors (Lipinski definition) is 3. The van der Waals surface area contributed by atoms with Gasteiger partial charge in [-0.25, -0.2) is 0 Å². The van der Waals surface area contributed by atoms with Gasteiger partial charge >= 0.3 is 0 Å². The zero-order chi connectivity index (χ0) is 9.42. The highest BCUT2D eigenvalue weighted by atomic mass is 16.5. The molecule has 0 aromatic carbocycles. The van der Waals surface area contributed by atoms with Crippen molar-refractivity contribution < 1.29 is 9.32 Å². The molecule has 0 bridgehead atoms. The van der Waals surface area contributed by atoms with Crippen LogP contribution in [0.15, 0.2) is 22.7 Å². The number of aromatic nitrogens is 1. The van der Waals surface area contributed by atoms with Crippen LogP contribution in [0.3, 0.4) is 0 Å². The molecule has 0 aliphatic heterocycles. The minimum atomic E-state index is -0.0432. The van der Waals surface area contributed by atoms with E-state index < -0.39 is 0 Å². The van der Waals surface area contributed by atoms with Crippen LogP contribution in [0.1, 0.15) is 12.2 Å². The highest BCUT2D eigenvalue weighted by Crippen LogP contribution is 2.36. The zero-order valence-electron chi connectivity index (χ0n) is 7.33. The van der Waals surface area contributed by atoms with Gasteiger partial charge in [0.15, 0.2) is 5.82 Å². The highest BCUT2D eigenvalue weighted by molar-refractivity contribution is 5.96. The molecule has 13 heavy (non-hydrogen) atoms. The molecule has 1 aromatic heterocycles. The summed E-state index contributed by atoms with van der Waals surface area (Å²) in [6.45, 7) is 5.49. The molecular formula is C9H10N2O2. The van der Waals surface area contributed by atoms with Gasteiger partial charge in [0.2, 0.25) is 5.91 Å². The lowest BCUT2D eigenvalue weighted by Crippen LogP contribution is -2.13. The number of carbonyl (C=O) groups is 1. The van der Waals surface area contributed by atoms with Crippen LogP contribution in [-0.2, 0) is 4.79 Å². The molecule has 0 spiro atoms. The van der Waals surface area contributed by atoms with E-state index >= 15 is 0 Å². The van der Waals surface area contributed by atoms with Crippen LogP contribution < -0.4 is 5.32 Å². The van der Waals surface area contributed by atoms with E-state index in [-0.39, 0.29) is 11.8 Å². The molecule has 0 saturated heterocycles. The largest absolute Gasteiger partial charge is 0.360 e. The Morgan fingerprint density at radius 3 is 3.00 bits per heavy atom. The number of amides is 1. The average Bonchev–Trinajstić information content (AvgIpc) is 2.66. The lowest BCUT2D eigenvalue weighted by atomic mass is 10.3. The van der Waals surface area contributed by atoms with Crippen LogP contribution in [0.5, 0.6) is 0 Å². The van der Waals surface area contributed by atoms with E-state index in [9.17, 15) is 4.79 Å². The first-order valence-electron chi connectivity index (χ1n) is 4.08. The van der Waals surface area contributed by atoms with Crippen LogP contribution in [0.25, 0.3) is 0 Å². The SMILES string of the molecule is C=C1CC1C(=O)Nc1cc(C)on1. The second-order valence-electron chi connectivity index (χ2n) is 3.23. The van der Waals surface area contributed by atoms with Crippen molar-refractivity contribution in [2.45, 2.75) is 13.3 Å². The third-order valence-corrected chi connectivity index (χ3v) is 1.99. The Kier molecular flexibility index (Phi) is 1.69. The van der Waals surface area contributed by atoms with Crippen LogP contribution in [0.2, 0.25) is 0 Å². The van der Waals surface area contributed by atoms with E-state index in [1.54, 1.807) is 13.0 Å². The van der Waals surface area contributed by atoms with Gasteiger partial charge in [-0.3, -0.25) is 4.79 Å². The summed E-state index contributed by atoms with van der Waals surface area (Å²) in [6, 6.07) is 1.68. The predicted octanol–water partition coefficient (Wildman–Crippen LogP) is 1.50. The van der Waals surface area contributed by atoms with Gasteiger partial charge in [-0.1, -0.05) is 17.3 Å². The van der Waals surface area contributed by atoms with Crippen molar-refractivity contribution in [2.75, 3.05) is 5.32 Å². The minimum Gasteiger partial charge on any atom is -0.360 e. The number of anilines is 1. The van der Waals surface area contributed by atoms with E-state index in [2.05, 4.69) is 17.1 Å². The number of nitrogens with zero attached hydrogens (tertiary/aromatic N) is 1. The van der Waals surface area contributed by atoms with Gasteiger partial charge in [-0.05, 0) is 13.3 Å².